The maximum atomic E-state index is 6.74. The average molecular weight is 461 g/mol. The SMILES string of the molecule is BC1(B)Oc2nn(C3CCOCC3)c(C)c2Nc2ncc3c(Cl)nn(c3n2)C(B)(B)C1(B)B. The van der Waals surface area contributed by atoms with Crippen molar-refractivity contribution >= 4 is 81.3 Å². The first-order valence-electron chi connectivity index (χ1n) is 11.5. The molecule has 2 aliphatic rings. The largest absolute Gasteiger partial charge is 0.488 e. The summed E-state index contributed by atoms with van der Waals surface area (Å²) in [5.41, 5.74) is 2.45. The quantitative estimate of drug-likeness (QED) is 0.380. The van der Waals surface area contributed by atoms with Crippen molar-refractivity contribution in [3.05, 3.63) is 17.0 Å². The minimum atomic E-state index is -0.622. The van der Waals surface area contributed by atoms with Gasteiger partial charge < -0.3 is 14.8 Å². The number of rotatable bonds is 1. The van der Waals surface area contributed by atoms with E-state index in [1.54, 1.807) is 6.20 Å². The molecule has 0 amide bonds. The highest BCUT2D eigenvalue weighted by Gasteiger charge is 2.51. The second kappa shape index (κ2) is 7.50. The standard InChI is InChI=1S/C17H26B6ClN7O2/c1-7-10-13(29-30(7)8-2-4-32-5-3-8)33-17(22,23)15(18,19)16(20,21)31-12-9(11(24)28-31)6-25-14(26-10)27-12/h6,8H,2-5,18-23H2,1H3,(H,25,26,27). The van der Waals surface area contributed by atoms with E-state index >= 15 is 0 Å². The Bertz CT molecular complexity index is 1240. The normalized spacial score (nSPS) is 21.6. The van der Waals surface area contributed by atoms with E-state index in [0.717, 1.165) is 42.8 Å². The molecule has 0 radical (unpaired) electrons. The van der Waals surface area contributed by atoms with E-state index in [0.29, 0.717) is 22.6 Å². The van der Waals surface area contributed by atoms with Crippen molar-refractivity contribution in [2.75, 3.05) is 18.5 Å². The van der Waals surface area contributed by atoms with Crippen LogP contribution in [-0.2, 0) is 10.1 Å². The van der Waals surface area contributed by atoms with Gasteiger partial charge in [-0.25, -0.2) is 4.98 Å². The van der Waals surface area contributed by atoms with Crippen molar-refractivity contribution < 1.29 is 9.47 Å². The van der Waals surface area contributed by atoms with Crippen LogP contribution >= 0.6 is 11.6 Å². The third kappa shape index (κ3) is 3.33. The Kier molecular flexibility index (Phi) is 5.18. The minimum Gasteiger partial charge on any atom is -0.488 e. The summed E-state index contributed by atoms with van der Waals surface area (Å²) in [5, 5.41) is 12.6. The zero-order valence-corrected chi connectivity index (χ0v) is 21.1. The molecular formula is C17H26B6ClN7O2. The highest BCUT2D eigenvalue weighted by atomic mass is 35.5. The molecule has 3 aromatic heterocycles. The molecule has 0 aromatic carbocycles. The van der Waals surface area contributed by atoms with Gasteiger partial charge in [0.25, 0.3) is 5.88 Å². The van der Waals surface area contributed by atoms with Crippen molar-refractivity contribution in [1.29, 1.82) is 0 Å². The monoisotopic (exact) mass is 461 g/mol. The Hall–Kier alpha value is -2.00. The van der Waals surface area contributed by atoms with E-state index in [1.807, 2.05) is 4.68 Å². The van der Waals surface area contributed by atoms with Gasteiger partial charge in [0.2, 0.25) is 5.95 Å². The van der Waals surface area contributed by atoms with Gasteiger partial charge in [-0.2, -0.15) is 10.1 Å². The molecule has 0 atom stereocenters. The summed E-state index contributed by atoms with van der Waals surface area (Å²) in [4.78, 5) is 9.35. The van der Waals surface area contributed by atoms with Gasteiger partial charge in [-0.1, -0.05) is 16.8 Å². The van der Waals surface area contributed by atoms with E-state index < -0.39 is 16.0 Å². The third-order valence-electron chi connectivity index (χ3n) is 8.19. The third-order valence-corrected chi connectivity index (χ3v) is 8.47. The van der Waals surface area contributed by atoms with Crippen molar-refractivity contribution in [3.8, 4) is 5.88 Å². The van der Waals surface area contributed by atoms with Crippen LogP contribution in [0.2, 0.25) is 10.4 Å². The Morgan fingerprint density at radius 3 is 2.52 bits per heavy atom. The fraction of sp³-hybridized carbons (Fsp3) is 0.529. The molecule has 33 heavy (non-hydrogen) atoms. The van der Waals surface area contributed by atoms with Crippen molar-refractivity contribution in [1.82, 2.24) is 29.5 Å². The molecule has 166 valence electrons. The lowest BCUT2D eigenvalue weighted by molar-refractivity contribution is 0.0649. The number of nitrogens with zero attached hydrogens (tertiary/aromatic N) is 6. The number of halogens is 1. The predicted molar refractivity (Wildman–Crippen MR) is 145 cm³/mol. The fourth-order valence-electron chi connectivity index (χ4n) is 4.79. The summed E-state index contributed by atoms with van der Waals surface area (Å²) in [7, 11) is 12.8. The maximum absolute atomic E-state index is 6.74. The molecule has 0 unspecified atom stereocenters. The van der Waals surface area contributed by atoms with Gasteiger partial charge in [-0.15, -0.1) is 5.10 Å². The van der Waals surface area contributed by atoms with Gasteiger partial charge in [-0.3, -0.25) is 9.36 Å². The van der Waals surface area contributed by atoms with Crippen molar-refractivity contribution in [2.45, 2.75) is 41.8 Å². The second-order valence-corrected chi connectivity index (χ2v) is 11.0. The summed E-state index contributed by atoms with van der Waals surface area (Å²) >= 11 is 6.50. The molecule has 0 spiro atoms. The first-order valence-corrected chi connectivity index (χ1v) is 11.9. The van der Waals surface area contributed by atoms with Crippen LogP contribution in [-0.4, -0.2) is 95.2 Å². The van der Waals surface area contributed by atoms with E-state index in [9.17, 15) is 0 Å². The second-order valence-electron chi connectivity index (χ2n) is 10.6. The fourth-order valence-corrected chi connectivity index (χ4v) is 5.00. The van der Waals surface area contributed by atoms with Crippen LogP contribution in [0.4, 0.5) is 11.6 Å². The lowest BCUT2D eigenvalue weighted by atomic mass is 9.23. The van der Waals surface area contributed by atoms with Crippen LogP contribution in [0.15, 0.2) is 6.20 Å². The molecule has 2 aliphatic heterocycles. The summed E-state index contributed by atoms with van der Waals surface area (Å²) in [6, 6.07) is 0.265. The van der Waals surface area contributed by atoms with Gasteiger partial charge in [-0.05, 0) is 25.1 Å². The highest BCUT2D eigenvalue weighted by Crippen LogP contribution is 2.46. The van der Waals surface area contributed by atoms with Gasteiger partial charge in [0.15, 0.2) is 10.8 Å². The van der Waals surface area contributed by atoms with Crippen LogP contribution in [0.25, 0.3) is 11.0 Å². The number of ether oxygens (including phenoxy) is 2. The topological polar surface area (TPSA) is 91.9 Å². The molecule has 5 heterocycles. The smallest absolute Gasteiger partial charge is 0.256 e. The summed E-state index contributed by atoms with van der Waals surface area (Å²) in [6.07, 6.45) is 3.56. The first kappa shape index (κ1) is 22.8. The van der Waals surface area contributed by atoms with E-state index in [4.69, 9.17) is 31.2 Å². The Morgan fingerprint density at radius 2 is 1.82 bits per heavy atom. The molecular weight excluding hydrogens is 435 g/mol. The Labute approximate surface area is 203 Å². The maximum Gasteiger partial charge on any atom is 0.256 e. The van der Waals surface area contributed by atoms with Crippen molar-refractivity contribution in [3.63, 3.8) is 0 Å². The van der Waals surface area contributed by atoms with Crippen LogP contribution in [0.3, 0.4) is 0 Å². The number of aromatic nitrogens is 6. The number of hydrogen-bond donors (Lipinski definition) is 1. The molecule has 0 aliphatic carbocycles. The molecule has 3 aromatic rings. The number of fused-ring (bicyclic) bond motifs is 2. The molecule has 5 rings (SSSR count). The number of anilines is 2. The Morgan fingerprint density at radius 1 is 1.12 bits per heavy atom. The summed E-state index contributed by atoms with van der Waals surface area (Å²) in [6.45, 7) is 3.53. The van der Waals surface area contributed by atoms with Gasteiger partial charge in [0, 0.05) is 24.8 Å². The van der Waals surface area contributed by atoms with Crippen LogP contribution in [0.5, 0.6) is 5.88 Å². The zero-order chi connectivity index (χ0) is 23.8. The highest BCUT2D eigenvalue weighted by molar-refractivity contribution is 6.60. The molecule has 0 saturated carbocycles. The zero-order valence-electron chi connectivity index (χ0n) is 20.4. The molecule has 2 bridgehead atoms. The van der Waals surface area contributed by atoms with E-state index in [1.165, 1.54) is 0 Å². The lowest BCUT2D eigenvalue weighted by Gasteiger charge is -2.52. The summed E-state index contributed by atoms with van der Waals surface area (Å²) < 4.78 is 16.3. The van der Waals surface area contributed by atoms with Crippen molar-refractivity contribution in [2.24, 2.45) is 0 Å². The molecule has 1 fully saturated rings. The Balaban J connectivity index is 1.75. The van der Waals surface area contributed by atoms with Crippen LogP contribution < -0.4 is 10.1 Å². The minimum absolute atomic E-state index is 0.265. The predicted octanol–water partition coefficient (Wildman–Crippen LogP) is -3.35. The lowest BCUT2D eigenvalue weighted by Crippen LogP contribution is -2.63. The number of nitrogens with one attached hydrogen (secondary N) is 1. The molecule has 1 saturated heterocycles. The average Bonchev–Trinajstić information content (AvgIpc) is 3.25. The van der Waals surface area contributed by atoms with E-state index in [-0.39, 0.29) is 6.04 Å². The van der Waals surface area contributed by atoms with Gasteiger partial charge in [0.05, 0.1) is 17.1 Å². The first-order chi connectivity index (χ1) is 15.4. The van der Waals surface area contributed by atoms with Gasteiger partial charge >= 0.3 is 0 Å². The van der Waals surface area contributed by atoms with E-state index in [2.05, 4.69) is 74.1 Å². The summed E-state index contributed by atoms with van der Waals surface area (Å²) in [5.74, 6) is 1.00. The van der Waals surface area contributed by atoms with Gasteiger partial charge in [0.1, 0.15) is 52.8 Å². The molecule has 9 nitrogen and oxygen atoms in total. The van der Waals surface area contributed by atoms with Crippen LogP contribution in [0, 0.1) is 6.92 Å². The number of hydrogen-bond acceptors (Lipinski definition) is 7. The molecule has 1 N–H and O–H groups in total. The molecule has 16 heteroatoms. The van der Waals surface area contributed by atoms with Crippen LogP contribution in [0.1, 0.15) is 24.6 Å².